The predicted octanol–water partition coefficient (Wildman–Crippen LogP) is 1.92. The van der Waals surface area contributed by atoms with Crippen molar-refractivity contribution in [2.75, 3.05) is 25.6 Å². The zero-order valence-corrected chi connectivity index (χ0v) is 14.2. The Kier molecular flexibility index (Phi) is 6.88. The molecule has 0 amide bonds. The molecule has 0 spiro atoms. The van der Waals surface area contributed by atoms with Gasteiger partial charge < -0.3 is 14.8 Å². The van der Waals surface area contributed by atoms with Crippen LogP contribution in [-0.2, 0) is 20.4 Å². The minimum atomic E-state index is -4.87. The second-order valence-electron chi connectivity index (χ2n) is 5.36. The minimum absolute atomic E-state index is 0.0000724. The van der Waals surface area contributed by atoms with Gasteiger partial charge in [0.05, 0.1) is 44.7 Å². The number of nitrogens with zero attached hydrogens (tertiary/aromatic N) is 2. The monoisotopic (exact) mass is 386 g/mol. The number of aromatic amines is 1. The summed E-state index contributed by atoms with van der Waals surface area (Å²) in [5.41, 5.74) is -2.64. The van der Waals surface area contributed by atoms with Crippen molar-refractivity contribution < 1.29 is 27.4 Å². The van der Waals surface area contributed by atoms with E-state index in [2.05, 4.69) is 20.1 Å². The van der Waals surface area contributed by atoms with Gasteiger partial charge in [-0.1, -0.05) is 0 Å². The Balaban J connectivity index is 2.22. The summed E-state index contributed by atoms with van der Waals surface area (Å²) in [6, 6.07) is 2.44. The molecule has 8 nitrogen and oxygen atoms in total. The van der Waals surface area contributed by atoms with Gasteiger partial charge in [-0.25, -0.2) is 5.10 Å². The van der Waals surface area contributed by atoms with Gasteiger partial charge in [0.1, 0.15) is 5.56 Å². The molecule has 0 aliphatic rings. The maximum Gasteiger partial charge on any atom is 0.423 e. The van der Waals surface area contributed by atoms with E-state index >= 15 is 0 Å². The van der Waals surface area contributed by atoms with E-state index in [1.165, 1.54) is 19.5 Å². The van der Waals surface area contributed by atoms with E-state index in [4.69, 9.17) is 4.74 Å². The van der Waals surface area contributed by atoms with Crippen molar-refractivity contribution >= 4 is 11.7 Å². The van der Waals surface area contributed by atoms with Gasteiger partial charge in [0, 0.05) is 12.4 Å². The van der Waals surface area contributed by atoms with Crippen molar-refractivity contribution in [2.45, 2.75) is 18.6 Å². The molecule has 0 aliphatic heterocycles. The standard InChI is InChI=1S/C16H17F3N4O4/c1-26-13(24)4-7-27-9-12(10-2-5-20-6-3-10)22-11-8-21-23-15(25)14(11)16(17,18)19/h2-3,5-6,8,12H,4,7,9H2,1H3,(H2,22,23,25). The highest BCUT2D eigenvalue weighted by molar-refractivity contribution is 5.69. The molecule has 0 aromatic carbocycles. The molecule has 2 heterocycles. The summed E-state index contributed by atoms with van der Waals surface area (Å²) in [7, 11) is 1.24. The number of hydrogen-bond acceptors (Lipinski definition) is 7. The van der Waals surface area contributed by atoms with E-state index in [1.807, 2.05) is 0 Å². The molecule has 0 radical (unpaired) electrons. The lowest BCUT2D eigenvalue weighted by atomic mass is 10.1. The fourth-order valence-electron chi connectivity index (χ4n) is 2.25. The predicted molar refractivity (Wildman–Crippen MR) is 87.9 cm³/mol. The topological polar surface area (TPSA) is 106 Å². The maximum absolute atomic E-state index is 13.2. The van der Waals surface area contributed by atoms with E-state index in [9.17, 15) is 22.8 Å². The summed E-state index contributed by atoms with van der Waals surface area (Å²) in [6.45, 7) is -0.0409. The Bertz CT molecular complexity index is 811. The number of rotatable bonds is 8. The second-order valence-corrected chi connectivity index (χ2v) is 5.36. The number of nitrogens with one attached hydrogen (secondary N) is 2. The molecule has 1 unspecified atom stereocenters. The van der Waals surface area contributed by atoms with Crippen LogP contribution < -0.4 is 10.9 Å². The zero-order valence-electron chi connectivity index (χ0n) is 14.2. The highest BCUT2D eigenvalue weighted by atomic mass is 19.4. The Hall–Kier alpha value is -2.95. The third-order valence-electron chi connectivity index (χ3n) is 3.54. The molecular weight excluding hydrogens is 369 g/mol. The first-order chi connectivity index (χ1) is 12.8. The average Bonchev–Trinajstić information content (AvgIpc) is 2.63. The zero-order chi connectivity index (χ0) is 19.9. The van der Waals surface area contributed by atoms with Crippen molar-refractivity contribution in [2.24, 2.45) is 0 Å². The van der Waals surface area contributed by atoms with Gasteiger partial charge in [0.15, 0.2) is 0 Å². The molecule has 146 valence electrons. The first kappa shape index (κ1) is 20.4. The van der Waals surface area contributed by atoms with Crippen LogP contribution in [0.3, 0.4) is 0 Å². The lowest BCUT2D eigenvalue weighted by Crippen LogP contribution is -2.27. The lowest BCUT2D eigenvalue weighted by Gasteiger charge is -2.22. The molecule has 0 aliphatic carbocycles. The number of aromatic nitrogens is 3. The fraction of sp³-hybridized carbons (Fsp3) is 0.375. The van der Waals surface area contributed by atoms with Crippen LogP contribution in [0.15, 0.2) is 35.5 Å². The number of carbonyl (C=O) groups is 1. The molecule has 11 heteroatoms. The van der Waals surface area contributed by atoms with Crippen LogP contribution in [0, 0.1) is 0 Å². The molecule has 27 heavy (non-hydrogen) atoms. The van der Waals surface area contributed by atoms with Crippen molar-refractivity contribution in [1.82, 2.24) is 15.2 Å². The van der Waals surface area contributed by atoms with Gasteiger partial charge in [0.2, 0.25) is 0 Å². The number of alkyl halides is 3. The van der Waals surface area contributed by atoms with Crippen LogP contribution >= 0.6 is 0 Å². The van der Waals surface area contributed by atoms with Gasteiger partial charge in [-0.2, -0.15) is 18.3 Å². The van der Waals surface area contributed by atoms with E-state index in [-0.39, 0.29) is 19.6 Å². The summed E-state index contributed by atoms with van der Waals surface area (Å²) in [5.74, 6) is -0.471. The highest BCUT2D eigenvalue weighted by Crippen LogP contribution is 2.33. The number of halogens is 3. The van der Waals surface area contributed by atoms with Crippen molar-refractivity contribution in [3.05, 3.63) is 52.2 Å². The van der Waals surface area contributed by atoms with Crippen LogP contribution in [0.25, 0.3) is 0 Å². The highest BCUT2D eigenvalue weighted by Gasteiger charge is 2.37. The normalized spacial score (nSPS) is 12.4. The van der Waals surface area contributed by atoms with Gasteiger partial charge >= 0.3 is 12.1 Å². The molecule has 0 saturated carbocycles. The summed E-state index contributed by atoms with van der Waals surface area (Å²) in [6.07, 6.45) is -1.04. The largest absolute Gasteiger partial charge is 0.469 e. The lowest BCUT2D eigenvalue weighted by molar-refractivity contribution is -0.142. The van der Waals surface area contributed by atoms with Crippen molar-refractivity contribution in [1.29, 1.82) is 0 Å². The van der Waals surface area contributed by atoms with Crippen LogP contribution in [0.1, 0.15) is 23.6 Å². The van der Waals surface area contributed by atoms with Gasteiger partial charge in [-0.3, -0.25) is 14.6 Å². The summed E-state index contributed by atoms with van der Waals surface area (Å²) in [4.78, 5) is 26.6. The molecule has 0 fully saturated rings. The number of methoxy groups -OCH3 is 1. The second kappa shape index (κ2) is 9.12. The first-order valence-electron chi connectivity index (χ1n) is 7.78. The Labute approximate surface area is 151 Å². The maximum atomic E-state index is 13.2. The summed E-state index contributed by atoms with van der Waals surface area (Å²) < 4.78 is 49.5. The van der Waals surface area contributed by atoms with Crippen molar-refractivity contribution in [3.63, 3.8) is 0 Å². The Morgan fingerprint density at radius 1 is 1.33 bits per heavy atom. The molecule has 2 aromatic rings. The van der Waals surface area contributed by atoms with E-state index < -0.39 is 35.0 Å². The molecular formula is C16H17F3N4O4. The van der Waals surface area contributed by atoms with E-state index in [0.717, 1.165) is 6.20 Å². The molecule has 2 N–H and O–H groups in total. The van der Waals surface area contributed by atoms with E-state index in [0.29, 0.717) is 5.56 Å². The molecule has 1 atom stereocenters. The Morgan fingerprint density at radius 3 is 2.67 bits per heavy atom. The SMILES string of the molecule is COC(=O)CCOCC(Nc1cn[nH]c(=O)c1C(F)(F)F)c1ccncc1. The number of esters is 1. The smallest absolute Gasteiger partial charge is 0.423 e. The first-order valence-corrected chi connectivity index (χ1v) is 7.78. The molecule has 0 saturated heterocycles. The van der Waals surface area contributed by atoms with Crippen LogP contribution in [0.5, 0.6) is 0 Å². The Morgan fingerprint density at radius 2 is 2.04 bits per heavy atom. The van der Waals surface area contributed by atoms with Crippen LogP contribution in [-0.4, -0.2) is 41.5 Å². The number of ether oxygens (including phenoxy) is 2. The third kappa shape index (κ3) is 5.78. The van der Waals surface area contributed by atoms with Crippen molar-refractivity contribution in [3.8, 4) is 0 Å². The average molecular weight is 386 g/mol. The van der Waals surface area contributed by atoms with Crippen LogP contribution in [0.4, 0.5) is 18.9 Å². The third-order valence-corrected chi connectivity index (χ3v) is 3.54. The molecule has 2 rings (SSSR count). The number of anilines is 1. The van der Waals surface area contributed by atoms with Crippen LogP contribution in [0.2, 0.25) is 0 Å². The van der Waals surface area contributed by atoms with E-state index in [1.54, 1.807) is 17.2 Å². The molecule has 2 aromatic heterocycles. The minimum Gasteiger partial charge on any atom is -0.469 e. The number of pyridine rings is 1. The summed E-state index contributed by atoms with van der Waals surface area (Å²) in [5, 5.41) is 7.84. The van der Waals surface area contributed by atoms with Gasteiger partial charge in [-0.15, -0.1) is 0 Å². The fourth-order valence-corrected chi connectivity index (χ4v) is 2.25. The number of hydrogen-bond donors (Lipinski definition) is 2. The quantitative estimate of drug-likeness (QED) is 0.527. The number of carbonyl (C=O) groups excluding carboxylic acids is 1. The number of H-pyrrole nitrogens is 1. The molecule has 0 bridgehead atoms. The van der Waals surface area contributed by atoms with Gasteiger partial charge in [0.25, 0.3) is 5.56 Å². The summed E-state index contributed by atoms with van der Waals surface area (Å²) >= 11 is 0. The van der Waals surface area contributed by atoms with Gasteiger partial charge in [-0.05, 0) is 17.7 Å².